The van der Waals surface area contributed by atoms with E-state index in [2.05, 4.69) is 15.2 Å². The van der Waals surface area contributed by atoms with Crippen molar-refractivity contribution in [2.75, 3.05) is 42.3 Å². The molecule has 0 radical (unpaired) electrons. The van der Waals surface area contributed by atoms with Crippen molar-refractivity contribution in [2.24, 2.45) is 0 Å². The van der Waals surface area contributed by atoms with Gasteiger partial charge < -0.3 is 19.7 Å². The van der Waals surface area contributed by atoms with Crippen LogP contribution in [0.3, 0.4) is 0 Å². The normalized spacial score (nSPS) is 16.1. The summed E-state index contributed by atoms with van der Waals surface area (Å²) in [4.78, 5) is 20.0. The number of carbonyl (C=O) groups is 1. The third kappa shape index (κ3) is 4.66. The first-order valence-corrected chi connectivity index (χ1v) is 10.3. The van der Waals surface area contributed by atoms with Crippen molar-refractivity contribution in [3.63, 3.8) is 0 Å². The Hall–Kier alpha value is -2.41. The van der Waals surface area contributed by atoms with Gasteiger partial charge in [0, 0.05) is 18.0 Å². The van der Waals surface area contributed by atoms with Crippen molar-refractivity contribution in [1.82, 2.24) is 4.98 Å². The average Bonchev–Trinajstić information content (AvgIpc) is 2.73. The van der Waals surface area contributed by atoms with E-state index in [1.165, 1.54) is 31.0 Å². The minimum Gasteiger partial charge on any atom is -0.486 e. The maximum atomic E-state index is 12.2. The molecule has 2 aliphatic heterocycles. The number of nitrogens with zero attached hydrogens (tertiary/aromatic N) is 2. The fraction of sp³-hybridized carbons (Fsp3) is 0.400. The summed E-state index contributed by atoms with van der Waals surface area (Å²) >= 11 is 1.47. The van der Waals surface area contributed by atoms with E-state index in [1.807, 2.05) is 30.3 Å². The van der Waals surface area contributed by atoms with Crippen LogP contribution in [0.15, 0.2) is 41.4 Å². The Kier molecular flexibility index (Phi) is 5.67. The summed E-state index contributed by atoms with van der Waals surface area (Å²) < 4.78 is 11.1. The van der Waals surface area contributed by atoms with Crippen molar-refractivity contribution >= 4 is 29.2 Å². The third-order valence-corrected chi connectivity index (χ3v) is 5.59. The van der Waals surface area contributed by atoms with Crippen LogP contribution in [0.4, 0.5) is 11.5 Å². The number of piperidine rings is 1. The molecular formula is C20H23N3O3S. The average molecular weight is 385 g/mol. The van der Waals surface area contributed by atoms with Crippen LogP contribution in [0.2, 0.25) is 0 Å². The van der Waals surface area contributed by atoms with Crippen molar-refractivity contribution < 1.29 is 14.3 Å². The van der Waals surface area contributed by atoms with Gasteiger partial charge in [0.15, 0.2) is 11.5 Å². The summed E-state index contributed by atoms with van der Waals surface area (Å²) in [6.07, 6.45) is 5.47. The first-order chi connectivity index (χ1) is 13.3. The Labute approximate surface area is 163 Å². The second-order valence-electron chi connectivity index (χ2n) is 6.60. The molecule has 1 fully saturated rings. The minimum absolute atomic E-state index is 0.0533. The number of nitrogens with one attached hydrogen (secondary N) is 1. The van der Waals surface area contributed by atoms with E-state index in [4.69, 9.17) is 9.47 Å². The number of aromatic nitrogens is 1. The van der Waals surface area contributed by atoms with Gasteiger partial charge in [0.2, 0.25) is 5.91 Å². The zero-order valence-corrected chi connectivity index (χ0v) is 16.0. The van der Waals surface area contributed by atoms with Crippen molar-refractivity contribution in [2.45, 2.75) is 24.2 Å². The van der Waals surface area contributed by atoms with Gasteiger partial charge in [-0.1, -0.05) is 0 Å². The molecule has 1 aromatic heterocycles. The third-order valence-electron chi connectivity index (χ3n) is 4.60. The first-order valence-electron chi connectivity index (χ1n) is 9.31. The molecule has 2 aromatic rings. The molecule has 3 heterocycles. The Balaban J connectivity index is 1.29. The van der Waals surface area contributed by atoms with Crippen LogP contribution in [-0.2, 0) is 4.79 Å². The summed E-state index contributed by atoms with van der Waals surface area (Å²) in [6.45, 7) is 3.25. The number of rotatable bonds is 5. The second kappa shape index (κ2) is 8.52. The van der Waals surface area contributed by atoms with Gasteiger partial charge in [-0.2, -0.15) is 0 Å². The summed E-state index contributed by atoms with van der Waals surface area (Å²) in [6, 6.07) is 9.65. The quantitative estimate of drug-likeness (QED) is 0.794. The zero-order chi connectivity index (χ0) is 18.5. The molecule has 0 spiro atoms. The largest absolute Gasteiger partial charge is 0.486 e. The number of fused-ring (bicyclic) bond motifs is 1. The summed E-state index contributed by atoms with van der Waals surface area (Å²) in [5, 5.41) is 2.91. The second-order valence-corrected chi connectivity index (χ2v) is 7.64. The molecule has 142 valence electrons. The molecule has 1 aromatic carbocycles. The summed E-state index contributed by atoms with van der Waals surface area (Å²) in [5.74, 6) is 2.76. The monoisotopic (exact) mass is 385 g/mol. The molecule has 1 amide bonds. The Morgan fingerprint density at radius 1 is 1.07 bits per heavy atom. The van der Waals surface area contributed by atoms with Gasteiger partial charge in [-0.15, -0.1) is 11.8 Å². The fourth-order valence-corrected chi connectivity index (χ4v) is 3.95. The van der Waals surface area contributed by atoms with Gasteiger partial charge in [-0.25, -0.2) is 4.98 Å². The lowest BCUT2D eigenvalue weighted by atomic mass is 10.1. The van der Waals surface area contributed by atoms with Crippen molar-refractivity contribution in [3.8, 4) is 11.5 Å². The number of pyridine rings is 1. The van der Waals surface area contributed by atoms with Gasteiger partial charge in [-0.05, 0) is 49.6 Å². The molecule has 0 atom stereocenters. The van der Waals surface area contributed by atoms with Gasteiger partial charge in [0.25, 0.3) is 0 Å². The maximum absolute atomic E-state index is 12.2. The van der Waals surface area contributed by atoms with Gasteiger partial charge in [0.1, 0.15) is 19.0 Å². The van der Waals surface area contributed by atoms with E-state index in [0.717, 1.165) is 41.0 Å². The Bertz CT molecular complexity index is 792. The van der Waals surface area contributed by atoms with Gasteiger partial charge in [-0.3, -0.25) is 4.79 Å². The summed E-state index contributed by atoms with van der Waals surface area (Å²) in [7, 11) is 0. The molecule has 4 rings (SSSR count). The molecular weight excluding hydrogens is 362 g/mol. The molecule has 27 heavy (non-hydrogen) atoms. The Morgan fingerprint density at radius 3 is 2.67 bits per heavy atom. The smallest absolute Gasteiger partial charge is 0.234 e. The number of benzene rings is 1. The van der Waals surface area contributed by atoms with Gasteiger partial charge >= 0.3 is 0 Å². The molecule has 0 saturated carbocycles. The first kappa shape index (κ1) is 18.0. The number of hydrogen-bond acceptors (Lipinski definition) is 6. The molecule has 0 bridgehead atoms. The molecule has 1 N–H and O–H groups in total. The van der Waals surface area contributed by atoms with Crippen LogP contribution in [0.25, 0.3) is 0 Å². The van der Waals surface area contributed by atoms with Crippen LogP contribution in [0.1, 0.15) is 19.3 Å². The van der Waals surface area contributed by atoms with Crippen LogP contribution in [-0.4, -0.2) is 42.9 Å². The maximum Gasteiger partial charge on any atom is 0.234 e. The van der Waals surface area contributed by atoms with E-state index in [1.54, 1.807) is 6.20 Å². The highest BCUT2D eigenvalue weighted by molar-refractivity contribution is 8.00. The SMILES string of the molecule is O=C(CSc1ccc2c(c1)OCCO2)Nc1ccc(N2CCCCC2)nc1. The van der Waals surface area contributed by atoms with E-state index in [0.29, 0.717) is 19.0 Å². The predicted octanol–water partition coefficient (Wildman–Crippen LogP) is 3.57. The molecule has 1 saturated heterocycles. The number of anilines is 2. The molecule has 7 heteroatoms. The standard InChI is InChI=1S/C20H23N3O3S/c24-20(14-27-16-5-6-17-18(12-16)26-11-10-25-17)22-15-4-7-19(21-13-15)23-8-2-1-3-9-23/h4-7,12-13H,1-3,8-11,14H2,(H,22,24). The number of thioether (sulfide) groups is 1. The lowest BCUT2D eigenvalue weighted by Crippen LogP contribution is -2.30. The van der Waals surface area contributed by atoms with E-state index < -0.39 is 0 Å². The number of amides is 1. The van der Waals surface area contributed by atoms with E-state index in [-0.39, 0.29) is 5.91 Å². The lowest BCUT2D eigenvalue weighted by Gasteiger charge is -2.27. The number of ether oxygens (including phenoxy) is 2. The van der Waals surface area contributed by atoms with E-state index >= 15 is 0 Å². The topological polar surface area (TPSA) is 63.7 Å². The fourth-order valence-electron chi connectivity index (χ4n) is 3.23. The van der Waals surface area contributed by atoms with Crippen molar-refractivity contribution in [3.05, 3.63) is 36.5 Å². The Morgan fingerprint density at radius 2 is 1.89 bits per heavy atom. The minimum atomic E-state index is -0.0533. The van der Waals surface area contributed by atoms with Gasteiger partial charge in [0.05, 0.1) is 17.6 Å². The van der Waals surface area contributed by atoms with Crippen LogP contribution in [0, 0.1) is 0 Å². The molecule has 0 aliphatic carbocycles. The predicted molar refractivity (Wildman–Crippen MR) is 107 cm³/mol. The van der Waals surface area contributed by atoms with E-state index in [9.17, 15) is 4.79 Å². The van der Waals surface area contributed by atoms with Crippen LogP contribution in [0.5, 0.6) is 11.5 Å². The van der Waals surface area contributed by atoms with Crippen LogP contribution >= 0.6 is 11.8 Å². The molecule has 2 aliphatic rings. The molecule has 6 nitrogen and oxygen atoms in total. The summed E-state index contributed by atoms with van der Waals surface area (Å²) in [5.41, 5.74) is 0.725. The van der Waals surface area contributed by atoms with Crippen LogP contribution < -0.4 is 19.7 Å². The lowest BCUT2D eigenvalue weighted by molar-refractivity contribution is -0.113. The highest BCUT2D eigenvalue weighted by Gasteiger charge is 2.14. The zero-order valence-electron chi connectivity index (χ0n) is 15.1. The number of hydrogen-bond donors (Lipinski definition) is 1. The highest BCUT2D eigenvalue weighted by Crippen LogP contribution is 2.34. The number of carbonyl (C=O) groups excluding carboxylic acids is 1. The van der Waals surface area contributed by atoms with Crippen molar-refractivity contribution in [1.29, 1.82) is 0 Å². The highest BCUT2D eigenvalue weighted by atomic mass is 32.2. The molecule has 0 unspecified atom stereocenters.